The largest absolute Gasteiger partial charge is 0.472 e. The molecular formula is C5H3F8N. The molecule has 0 aliphatic heterocycles. The molecule has 0 aromatic heterocycles. The normalized spacial score (nSPS) is 14.6. The lowest BCUT2D eigenvalue weighted by atomic mass is 10.4. The standard InChI is InChI=1S/C5H3F8N/c1-2-3(6,7)14(4(8,9)10)5(11,12)13/h2H,1H2. The van der Waals surface area contributed by atoms with Crippen LogP contribution < -0.4 is 0 Å². The van der Waals surface area contributed by atoms with Crippen LogP contribution in [0.2, 0.25) is 0 Å². The van der Waals surface area contributed by atoms with Crippen LogP contribution in [0.5, 0.6) is 0 Å². The number of alkyl halides is 8. The summed E-state index contributed by atoms with van der Waals surface area (Å²) < 4.78 is 93.8. The Hall–Kier alpha value is -0.860. The van der Waals surface area contributed by atoms with E-state index in [4.69, 9.17) is 0 Å². The number of nitrogens with zero attached hydrogens (tertiary/aromatic N) is 1. The van der Waals surface area contributed by atoms with E-state index in [1.54, 1.807) is 0 Å². The quantitative estimate of drug-likeness (QED) is 0.399. The fourth-order valence-electron chi connectivity index (χ4n) is 0.573. The fraction of sp³-hybridized carbons (Fsp3) is 0.600. The minimum atomic E-state index is -6.23. The maximum absolute atomic E-state index is 12.2. The van der Waals surface area contributed by atoms with Crippen molar-refractivity contribution in [3.05, 3.63) is 12.7 Å². The minimum Gasteiger partial charge on any atom is -0.184 e. The Morgan fingerprint density at radius 1 is 0.786 bits per heavy atom. The lowest BCUT2D eigenvalue weighted by Gasteiger charge is -2.31. The van der Waals surface area contributed by atoms with Gasteiger partial charge in [0, 0.05) is 0 Å². The van der Waals surface area contributed by atoms with Gasteiger partial charge in [-0.2, -0.15) is 35.1 Å². The van der Waals surface area contributed by atoms with Crippen LogP contribution in [-0.2, 0) is 0 Å². The zero-order valence-corrected chi connectivity index (χ0v) is 6.26. The third-order valence-electron chi connectivity index (χ3n) is 1.05. The number of hydrogen-bond acceptors (Lipinski definition) is 1. The molecule has 0 aliphatic carbocycles. The van der Waals surface area contributed by atoms with Crippen LogP contribution in [0.1, 0.15) is 0 Å². The van der Waals surface area contributed by atoms with E-state index in [0.717, 1.165) is 0 Å². The van der Waals surface area contributed by atoms with Crippen molar-refractivity contribution in [3.63, 3.8) is 0 Å². The molecule has 0 aromatic carbocycles. The first-order valence-corrected chi connectivity index (χ1v) is 2.88. The van der Waals surface area contributed by atoms with Gasteiger partial charge >= 0.3 is 18.6 Å². The molecule has 0 rings (SSSR count). The van der Waals surface area contributed by atoms with Crippen LogP contribution in [-0.4, -0.2) is 23.5 Å². The molecule has 0 atom stereocenters. The van der Waals surface area contributed by atoms with Gasteiger partial charge in [-0.15, -0.1) is 0 Å². The zero-order chi connectivity index (χ0) is 11.8. The highest BCUT2D eigenvalue weighted by Crippen LogP contribution is 2.41. The lowest BCUT2D eigenvalue weighted by molar-refractivity contribution is -0.429. The molecular weight excluding hydrogens is 226 g/mol. The predicted octanol–water partition coefficient (Wildman–Crippen LogP) is 3.11. The van der Waals surface area contributed by atoms with Crippen molar-refractivity contribution in [3.8, 4) is 0 Å². The summed E-state index contributed by atoms with van der Waals surface area (Å²) >= 11 is 0. The summed E-state index contributed by atoms with van der Waals surface area (Å²) in [5, 5.41) is 0. The van der Waals surface area contributed by atoms with Crippen molar-refractivity contribution < 1.29 is 35.1 Å². The molecule has 1 nitrogen and oxygen atoms in total. The predicted molar refractivity (Wildman–Crippen MR) is 29.1 cm³/mol. The number of hydrogen-bond donors (Lipinski definition) is 0. The summed E-state index contributed by atoms with van der Waals surface area (Å²) in [6, 6.07) is -5.23. The highest BCUT2D eigenvalue weighted by molar-refractivity contribution is 4.89. The minimum absolute atomic E-state index is 0.742. The SMILES string of the molecule is C=CC(F)(F)N(C(F)(F)F)C(F)(F)F. The van der Waals surface area contributed by atoms with Crippen molar-refractivity contribution in [2.45, 2.75) is 18.6 Å². The summed E-state index contributed by atoms with van der Waals surface area (Å²) in [7, 11) is 0. The zero-order valence-electron chi connectivity index (χ0n) is 6.26. The number of halogens is 8. The van der Waals surface area contributed by atoms with Crippen molar-refractivity contribution in [1.82, 2.24) is 4.90 Å². The summed E-state index contributed by atoms with van der Waals surface area (Å²) in [5.41, 5.74) is 0. The first-order chi connectivity index (χ1) is 5.93. The molecule has 0 unspecified atom stereocenters. The Balaban J connectivity index is 5.24. The van der Waals surface area contributed by atoms with Crippen molar-refractivity contribution in [2.75, 3.05) is 0 Å². The van der Waals surface area contributed by atoms with Crippen LogP contribution in [0.25, 0.3) is 0 Å². The molecule has 84 valence electrons. The first kappa shape index (κ1) is 13.1. The van der Waals surface area contributed by atoms with Gasteiger partial charge in [-0.05, 0) is 6.08 Å². The van der Waals surface area contributed by atoms with Gasteiger partial charge in [-0.1, -0.05) is 11.5 Å². The first-order valence-electron chi connectivity index (χ1n) is 2.88. The summed E-state index contributed by atoms with van der Waals surface area (Å²) in [5.74, 6) is 0. The second kappa shape index (κ2) is 3.37. The molecule has 0 N–H and O–H groups in total. The highest BCUT2D eigenvalue weighted by atomic mass is 19.4. The average molecular weight is 229 g/mol. The van der Waals surface area contributed by atoms with Gasteiger partial charge in [0.05, 0.1) is 0 Å². The average Bonchev–Trinajstić information content (AvgIpc) is 1.79. The molecule has 0 spiro atoms. The lowest BCUT2D eigenvalue weighted by Crippen LogP contribution is -2.56. The smallest absolute Gasteiger partial charge is 0.184 e. The molecule has 0 aromatic rings. The van der Waals surface area contributed by atoms with Crippen LogP contribution in [0.15, 0.2) is 12.7 Å². The maximum Gasteiger partial charge on any atom is 0.472 e. The summed E-state index contributed by atoms with van der Waals surface area (Å²) in [6.07, 6.45) is -13.2. The molecule has 0 aliphatic rings. The Morgan fingerprint density at radius 3 is 1.14 bits per heavy atom. The van der Waals surface area contributed by atoms with Crippen LogP contribution in [0.3, 0.4) is 0 Å². The van der Waals surface area contributed by atoms with Crippen LogP contribution in [0, 0.1) is 0 Å². The van der Waals surface area contributed by atoms with Gasteiger partial charge in [-0.3, -0.25) is 0 Å². The van der Waals surface area contributed by atoms with Gasteiger partial charge in [0.25, 0.3) is 0 Å². The van der Waals surface area contributed by atoms with Crippen LogP contribution in [0.4, 0.5) is 35.1 Å². The van der Waals surface area contributed by atoms with E-state index in [0.29, 0.717) is 0 Å². The molecule has 0 fully saturated rings. The molecule has 9 heteroatoms. The van der Waals surface area contributed by atoms with Gasteiger partial charge in [0.2, 0.25) is 0 Å². The van der Waals surface area contributed by atoms with Gasteiger partial charge in [0.1, 0.15) is 0 Å². The molecule has 0 heterocycles. The molecule has 0 bridgehead atoms. The van der Waals surface area contributed by atoms with Crippen molar-refractivity contribution in [1.29, 1.82) is 0 Å². The monoisotopic (exact) mass is 229 g/mol. The van der Waals surface area contributed by atoms with E-state index in [9.17, 15) is 35.1 Å². The van der Waals surface area contributed by atoms with E-state index in [2.05, 4.69) is 6.58 Å². The highest BCUT2D eigenvalue weighted by Gasteiger charge is 2.64. The van der Waals surface area contributed by atoms with E-state index < -0.39 is 29.6 Å². The van der Waals surface area contributed by atoms with E-state index >= 15 is 0 Å². The van der Waals surface area contributed by atoms with E-state index in [-0.39, 0.29) is 0 Å². The van der Waals surface area contributed by atoms with Crippen molar-refractivity contribution >= 4 is 0 Å². The summed E-state index contributed by atoms with van der Waals surface area (Å²) in [6.45, 7) is 2.19. The Labute approximate surface area is 72.6 Å². The van der Waals surface area contributed by atoms with Crippen LogP contribution >= 0.6 is 0 Å². The molecule has 14 heavy (non-hydrogen) atoms. The van der Waals surface area contributed by atoms with E-state index in [1.165, 1.54) is 0 Å². The van der Waals surface area contributed by atoms with Gasteiger partial charge in [-0.25, -0.2) is 0 Å². The van der Waals surface area contributed by atoms with Gasteiger partial charge in [0.15, 0.2) is 0 Å². The van der Waals surface area contributed by atoms with Gasteiger partial charge < -0.3 is 0 Å². The van der Waals surface area contributed by atoms with E-state index in [1.807, 2.05) is 0 Å². The fourth-order valence-corrected chi connectivity index (χ4v) is 0.573. The molecule has 0 radical (unpaired) electrons. The third kappa shape index (κ3) is 2.82. The third-order valence-corrected chi connectivity index (χ3v) is 1.05. The van der Waals surface area contributed by atoms with Crippen molar-refractivity contribution in [2.24, 2.45) is 0 Å². The molecule has 0 saturated carbocycles. The maximum atomic E-state index is 12.2. The Bertz CT molecular complexity index is 199. The Morgan fingerprint density at radius 2 is 1.07 bits per heavy atom. The number of rotatable bonds is 2. The molecule has 0 amide bonds. The second-order valence-electron chi connectivity index (χ2n) is 2.06. The topological polar surface area (TPSA) is 3.24 Å². The Kier molecular flexibility index (Phi) is 3.16. The second-order valence-corrected chi connectivity index (χ2v) is 2.06. The summed E-state index contributed by atoms with van der Waals surface area (Å²) in [4.78, 5) is -2.83. The molecule has 0 saturated heterocycles.